The molecule has 140 valence electrons. The van der Waals surface area contributed by atoms with Crippen LogP contribution in [-0.4, -0.2) is 36.3 Å². The van der Waals surface area contributed by atoms with Gasteiger partial charge in [0, 0.05) is 30.0 Å². The van der Waals surface area contributed by atoms with E-state index in [-0.39, 0.29) is 11.5 Å². The zero-order valence-electron chi connectivity index (χ0n) is 16.1. The number of ether oxygens (including phenoxy) is 1. The molecule has 0 bridgehead atoms. The maximum absolute atomic E-state index is 12.1. The fourth-order valence-corrected chi connectivity index (χ4v) is 3.35. The fourth-order valence-electron chi connectivity index (χ4n) is 2.80. The summed E-state index contributed by atoms with van der Waals surface area (Å²) in [7, 11) is 0. The van der Waals surface area contributed by atoms with Gasteiger partial charge in [0.15, 0.2) is 0 Å². The number of amides is 1. The predicted molar refractivity (Wildman–Crippen MR) is 103 cm³/mol. The Kier molecular flexibility index (Phi) is 6.80. The molecule has 1 amide bonds. The lowest BCUT2D eigenvalue weighted by Crippen LogP contribution is -2.44. The average Bonchev–Trinajstić information content (AvgIpc) is 2.52. The molecule has 2 rings (SSSR count). The van der Waals surface area contributed by atoms with Crippen LogP contribution in [0.1, 0.15) is 52.5 Å². The number of benzene rings is 1. The Hall–Kier alpha value is -1.20. The molecule has 0 N–H and O–H groups in total. The summed E-state index contributed by atoms with van der Waals surface area (Å²) in [6.45, 7) is 12.3. The number of piperidine rings is 1. The number of nitrogens with zero attached hydrogens (tertiary/aromatic N) is 1. The first-order valence-corrected chi connectivity index (χ1v) is 9.75. The van der Waals surface area contributed by atoms with Gasteiger partial charge in [-0.2, -0.15) is 0 Å². The topological polar surface area (TPSA) is 38.8 Å². The third-order valence-electron chi connectivity index (χ3n) is 4.59. The summed E-state index contributed by atoms with van der Waals surface area (Å²) in [6, 6.07) is 8.36. The minimum absolute atomic E-state index is 0.194. The van der Waals surface area contributed by atoms with E-state index in [4.69, 9.17) is 8.92 Å². The van der Waals surface area contributed by atoms with E-state index in [0.29, 0.717) is 0 Å². The smallest absolute Gasteiger partial charge is 0.410 e. The number of hydrogen-bond acceptors (Lipinski definition) is 4. The molecule has 1 heterocycles. The minimum Gasteiger partial charge on any atom is -0.444 e. The van der Waals surface area contributed by atoms with Crippen molar-refractivity contribution in [3.63, 3.8) is 0 Å². The van der Waals surface area contributed by atoms with Gasteiger partial charge >= 0.3 is 6.09 Å². The molecule has 1 fully saturated rings. The lowest BCUT2D eigenvalue weighted by Gasteiger charge is -2.39. The fraction of sp³-hybridized carbons (Fsp3) is 0.650. The van der Waals surface area contributed by atoms with Crippen LogP contribution in [0, 0.1) is 12.3 Å². The van der Waals surface area contributed by atoms with Crippen molar-refractivity contribution in [2.45, 2.75) is 64.4 Å². The summed E-state index contributed by atoms with van der Waals surface area (Å²) in [4.78, 5) is 15.1. The number of hydrogen-bond donors (Lipinski definition) is 0. The first kappa shape index (κ1) is 20.1. The Morgan fingerprint density at radius 3 is 2.36 bits per heavy atom. The lowest BCUT2D eigenvalue weighted by atomic mass is 9.78. The van der Waals surface area contributed by atoms with E-state index in [1.807, 2.05) is 25.7 Å². The molecular weight excluding hydrogens is 334 g/mol. The molecule has 4 nitrogen and oxygen atoms in total. The second-order valence-corrected chi connectivity index (χ2v) is 9.12. The highest BCUT2D eigenvalue weighted by Gasteiger charge is 2.33. The van der Waals surface area contributed by atoms with Gasteiger partial charge in [0.25, 0.3) is 0 Å². The largest absolute Gasteiger partial charge is 0.444 e. The van der Waals surface area contributed by atoms with Crippen LogP contribution in [0.4, 0.5) is 4.79 Å². The molecule has 0 saturated carbocycles. The lowest BCUT2D eigenvalue weighted by molar-refractivity contribution is 0.0100. The molecule has 1 aromatic carbocycles. The maximum Gasteiger partial charge on any atom is 0.410 e. The van der Waals surface area contributed by atoms with Crippen molar-refractivity contribution in [3.05, 3.63) is 29.8 Å². The number of rotatable bonds is 5. The number of likely N-dealkylation sites (tertiary alicyclic amines) is 1. The molecule has 0 aliphatic carbocycles. The van der Waals surface area contributed by atoms with Gasteiger partial charge in [0.2, 0.25) is 0 Å². The third-order valence-corrected chi connectivity index (χ3v) is 5.34. The van der Waals surface area contributed by atoms with E-state index in [9.17, 15) is 4.79 Å². The Morgan fingerprint density at radius 1 is 1.20 bits per heavy atom. The SMILES string of the molecule is Cc1ccc(SOCCC2(C)CCN(C(=O)OC(C)(C)C)CC2)cc1. The molecule has 0 spiro atoms. The normalized spacial score (nSPS) is 17.4. The van der Waals surface area contributed by atoms with Gasteiger partial charge in [0.05, 0.1) is 6.61 Å². The van der Waals surface area contributed by atoms with Crippen molar-refractivity contribution in [1.82, 2.24) is 4.90 Å². The van der Waals surface area contributed by atoms with Gasteiger partial charge in [-0.05, 0) is 64.5 Å². The summed E-state index contributed by atoms with van der Waals surface area (Å²) < 4.78 is 11.2. The van der Waals surface area contributed by atoms with Crippen LogP contribution in [0.2, 0.25) is 0 Å². The minimum atomic E-state index is -0.432. The van der Waals surface area contributed by atoms with Crippen molar-refractivity contribution in [2.75, 3.05) is 19.7 Å². The van der Waals surface area contributed by atoms with Crippen LogP contribution in [0.3, 0.4) is 0 Å². The Bertz CT molecular complexity index is 557. The number of aryl methyl sites for hydroxylation is 1. The molecule has 0 atom stereocenters. The molecule has 1 saturated heterocycles. The molecule has 1 aliphatic heterocycles. The summed E-state index contributed by atoms with van der Waals surface area (Å²) in [5.74, 6) is 0. The molecule has 1 aromatic rings. The van der Waals surface area contributed by atoms with Crippen molar-refractivity contribution in [2.24, 2.45) is 5.41 Å². The second kappa shape index (κ2) is 8.45. The monoisotopic (exact) mass is 365 g/mol. The summed E-state index contributed by atoms with van der Waals surface area (Å²) in [5.41, 5.74) is 1.05. The predicted octanol–water partition coefficient (Wildman–Crippen LogP) is 5.45. The molecule has 0 aromatic heterocycles. The van der Waals surface area contributed by atoms with E-state index in [1.165, 1.54) is 17.6 Å². The van der Waals surface area contributed by atoms with Gasteiger partial charge < -0.3 is 13.8 Å². The van der Waals surface area contributed by atoms with E-state index < -0.39 is 5.60 Å². The first-order chi connectivity index (χ1) is 11.7. The van der Waals surface area contributed by atoms with E-state index in [0.717, 1.165) is 43.9 Å². The highest BCUT2D eigenvalue weighted by molar-refractivity contribution is 7.94. The average molecular weight is 366 g/mol. The molecule has 0 radical (unpaired) electrons. The Balaban J connectivity index is 1.69. The van der Waals surface area contributed by atoms with Gasteiger partial charge in [-0.1, -0.05) is 24.6 Å². The van der Waals surface area contributed by atoms with Gasteiger partial charge in [0.1, 0.15) is 5.60 Å². The molecule has 1 aliphatic rings. The van der Waals surface area contributed by atoms with Crippen LogP contribution in [0.25, 0.3) is 0 Å². The zero-order chi connectivity index (χ0) is 18.5. The second-order valence-electron chi connectivity index (χ2n) is 8.25. The highest BCUT2D eigenvalue weighted by Crippen LogP contribution is 2.35. The van der Waals surface area contributed by atoms with Gasteiger partial charge in [-0.15, -0.1) is 0 Å². The quantitative estimate of drug-likeness (QED) is 0.514. The van der Waals surface area contributed by atoms with Crippen LogP contribution < -0.4 is 0 Å². The standard InChI is InChI=1S/C20H31NO3S/c1-16-6-8-17(9-7-16)25-23-15-12-20(5)10-13-21(14-11-20)18(22)24-19(2,3)4/h6-9H,10-15H2,1-5H3. The van der Waals surface area contributed by atoms with Crippen LogP contribution in [0.15, 0.2) is 29.2 Å². The van der Waals surface area contributed by atoms with Crippen LogP contribution in [-0.2, 0) is 8.92 Å². The molecule has 5 heteroatoms. The van der Waals surface area contributed by atoms with E-state index in [1.54, 1.807) is 0 Å². The van der Waals surface area contributed by atoms with E-state index >= 15 is 0 Å². The van der Waals surface area contributed by atoms with Gasteiger partial charge in [-0.3, -0.25) is 0 Å². The Labute approximate surface area is 156 Å². The number of carbonyl (C=O) groups is 1. The van der Waals surface area contributed by atoms with Crippen LogP contribution in [0.5, 0.6) is 0 Å². The summed E-state index contributed by atoms with van der Waals surface area (Å²) >= 11 is 1.44. The van der Waals surface area contributed by atoms with Crippen molar-refractivity contribution >= 4 is 18.1 Å². The molecular formula is C20H31NO3S. The van der Waals surface area contributed by atoms with Gasteiger partial charge in [-0.25, -0.2) is 4.79 Å². The summed E-state index contributed by atoms with van der Waals surface area (Å²) in [5, 5.41) is 0. The van der Waals surface area contributed by atoms with Crippen molar-refractivity contribution in [1.29, 1.82) is 0 Å². The highest BCUT2D eigenvalue weighted by atomic mass is 32.2. The molecule has 25 heavy (non-hydrogen) atoms. The molecule has 0 unspecified atom stereocenters. The van der Waals surface area contributed by atoms with Crippen molar-refractivity contribution in [3.8, 4) is 0 Å². The maximum atomic E-state index is 12.1. The summed E-state index contributed by atoms with van der Waals surface area (Å²) in [6.07, 6.45) is 2.80. The zero-order valence-corrected chi connectivity index (χ0v) is 16.9. The first-order valence-electron chi connectivity index (χ1n) is 9.01. The Morgan fingerprint density at radius 2 is 1.80 bits per heavy atom. The van der Waals surface area contributed by atoms with Crippen molar-refractivity contribution < 1.29 is 13.7 Å². The third kappa shape index (κ3) is 6.90. The van der Waals surface area contributed by atoms with Crippen LogP contribution >= 0.6 is 12.0 Å². The van der Waals surface area contributed by atoms with E-state index in [2.05, 4.69) is 38.1 Å². The number of carbonyl (C=O) groups excluding carboxylic acids is 1.